The number of aliphatic hydroxyl groups is 3. The van der Waals surface area contributed by atoms with Crippen LogP contribution in [0.4, 0.5) is 0 Å². The van der Waals surface area contributed by atoms with Gasteiger partial charge in [-0.3, -0.25) is 0 Å². The number of carbonyl (C=O) groups is 2. The monoisotopic (exact) mass is 262 g/mol. The van der Waals surface area contributed by atoms with Gasteiger partial charge in [0.05, 0.1) is 13.2 Å². The molecule has 7 heteroatoms. The summed E-state index contributed by atoms with van der Waals surface area (Å²) in [6, 6.07) is 0. The van der Waals surface area contributed by atoms with Gasteiger partial charge in [-0.2, -0.15) is 0 Å². The van der Waals surface area contributed by atoms with Crippen molar-refractivity contribution in [3.63, 3.8) is 0 Å². The summed E-state index contributed by atoms with van der Waals surface area (Å²) in [6.45, 7) is 5.61. The van der Waals surface area contributed by atoms with Crippen LogP contribution in [0.2, 0.25) is 0 Å². The zero-order chi connectivity index (χ0) is 14.6. The van der Waals surface area contributed by atoms with Crippen molar-refractivity contribution in [3.8, 4) is 0 Å². The number of rotatable bonds is 4. The second-order valence-electron chi connectivity index (χ2n) is 2.97. The topological polar surface area (TPSA) is 113 Å². The highest BCUT2D eigenvalue weighted by atomic mass is 17.2. The predicted octanol–water partition coefficient (Wildman–Crippen LogP) is -0.528. The van der Waals surface area contributed by atoms with Crippen molar-refractivity contribution in [3.05, 3.63) is 24.3 Å². The van der Waals surface area contributed by atoms with Crippen LogP contribution in [0, 0.1) is 0 Å². The Kier molecular flexibility index (Phi) is 12.2. The third kappa shape index (κ3) is 10.8. The van der Waals surface area contributed by atoms with Crippen molar-refractivity contribution < 1.29 is 34.7 Å². The molecule has 18 heavy (non-hydrogen) atoms. The Labute approximate surface area is 105 Å². The predicted molar refractivity (Wildman–Crippen MR) is 62.0 cm³/mol. The van der Waals surface area contributed by atoms with Gasteiger partial charge >= 0.3 is 11.9 Å². The lowest BCUT2D eigenvalue weighted by atomic mass is 10.3. The summed E-state index contributed by atoms with van der Waals surface area (Å²) >= 11 is 0. The zero-order valence-corrected chi connectivity index (χ0v) is 10.3. The normalized spacial score (nSPS) is 10.2. The lowest BCUT2D eigenvalue weighted by Gasteiger charge is -1.99. The summed E-state index contributed by atoms with van der Waals surface area (Å²) in [4.78, 5) is 29.3. The van der Waals surface area contributed by atoms with Crippen LogP contribution in [0.3, 0.4) is 0 Å². The van der Waals surface area contributed by atoms with Crippen molar-refractivity contribution >= 4 is 11.9 Å². The van der Waals surface area contributed by atoms with Crippen molar-refractivity contribution in [2.24, 2.45) is 0 Å². The second kappa shape index (κ2) is 11.8. The molecule has 0 unspecified atom stereocenters. The van der Waals surface area contributed by atoms with E-state index >= 15 is 0 Å². The molecule has 7 nitrogen and oxygen atoms in total. The Bertz CT molecular complexity index is 292. The third-order valence-electron chi connectivity index (χ3n) is 1.54. The van der Waals surface area contributed by atoms with Crippen LogP contribution in [-0.2, 0) is 19.4 Å². The van der Waals surface area contributed by atoms with E-state index in [-0.39, 0.29) is 13.2 Å². The molecule has 0 atom stereocenters. The van der Waals surface area contributed by atoms with Crippen LogP contribution < -0.4 is 0 Å². The molecule has 0 spiro atoms. The molecule has 3 N–H and O–H groups in total. The van der Waals surface area contributed by atoms with Crippen LogP contribution in [0.1, 0.15) is 13.8 Å². The first-order chi connectivity index (χ1) is 8.42. The van der Waals surface area contributed by atoms with Crippen LogP contribution >= 0.6 is 0 Å². The quantitative estimate of drug-likeness (QED) is 0.354. The summed E-state index contributed by atoms with van der Waals surface area (Å²) < 4.78 is 0. The number of aliphatic hydroxyl groups excluding tert-OH is 3. The number of allylic oxidation sites excluding steroid dienone is 1. The molecule has 0 aliphatic carbocycles. The standard InChI is InChI=1S/C8H10O4.C3H8O3/c1-4-6(3)8(10)12-11-7(9)5-2;4-1-3(6)2-5/h4-5H,2H2,1,3H3;3-6H,1-2H2. The Hall–Kier alpha value is -1.70. The Morgan fingerprint density at radius 2 is 1.78 bits per heavy atom. The summed E-state index contributed by atoms with van der Waals surface area (Å²) in [5, 5.41) is 24.0. The smallest absolute Gasteiger partial charge is 0.381 e. The second-order valence-corrected chi connectivity index (χ2v) is 2.97. The first kappa shape index (κ1) is 18.7. The maximum Gasteiger partial charge on any atom is 0.381 e. The van der Waals surface area contributed by atoms with Crippen LogP contribution in [0.5, 0.6) is 0 Å². The number of hydrogen-bond acceptors (Lipinski definition) is 7. The molecule has 0 radical (unpaired) electrons. The fourth-order valence-corrected chi connectivity index (χ4v) is 0.354. The first-order valence-electron chi connectivity index (χ1n) is 5.00. The third-order valence-corrected chi connectivity index (χ3v) is 1.54. The van der Waals surface area contributed by atoms with E-state index in [1.54, 1.807) is 19.9 Å². The fourth-order valence-electron chi connectivity index (χ4n) is 0.354. The maximum absolute atomic E-state index is 10.8. The van der Waals surface area contributed by atoms with E-state index in [0.29, 0.717) is 5.57 Å². The Morgan fingerprint density at radius 3 is 2.06 bits per heavy atom. The molecule has 0 fully saturated rings. The van der Waals surface area contributed by atoms with Gasteiger partial charge in [-0.15, -0.1) is 0 Å². The summed E-state index contributed by atoms with van der Waals surface area (Å²) in [7, 11) is 0. The van der Waals surface area contributed by atoms with E-state index in [0.717, 1.165) is 6.08 Å². The minimum atomic E-state index is -0.954. The molecule has 0 aromatic heterocycles. The highest BCUT2D eigenvalue weighted by Crippen LogP contribution is 1.96. The number of carbonyl (C=O) groups excluding carboxylic acids is 2. The summed E-state index contributed by atoms with van der Waals surface area (Å²) in [5.74, 6) is -1.49. The highest BCUT2D eigenvalue weighted by Gasteiger charge is 2.07. The minimum Gasteiger partial charge on any atom is -0.394 e. The van der Waals surface area contributed by atoms with E-state index < -0.39 is 18.0 Å². The molecule has 0 bridgehead atoms. The molecule has 0 aliphatic heterocycles. The Morgan fingerprint density at radius 1 is 1.28 bits per heavy atom. The minimum absolute atomic E-state index is 0.365. The van der Waals surface area contributed by atoms with E-state index in [4.69, 9.17) is 15.3 Å². The average molecular weight is 262 g/mol. The molecular formula is C11H18O7. The van der Waals surface area contributed by atoms with Gasteiger partial charge < -0.3 is 15.3 Å². The van der Waals surface area contributed by atoms with Gasteiger partial charge in [0, 0.05) is 11.6 Å². The average Bonchev–Trinajstić information content (AvgIpc) is 2.42. The van der Waals surface area contributed by atoms with Crippen molar-refractivity contribution in [2.75, 3.05) is 13.2 Å². The van der Waals surface area contributed by atoms with E-state index in [9.17, 15) is 9.59 Å². The molecule has 0 aromatic carbocycles. The van der Waals surface area contributed by atoms with E-state index in [2.05, 4.69) is 16.4 Å². The van der Waals surface area contributed by atoms with E-state index in [1.807, 2.05) is 0 Å². The SMILES string of the molecule is C=CC(=O)OOC(=O)C(C)=CC.OCC(O)CO. The molecule has 0 rings (SSSR count). The largest absolute Gasteiger partial charge is 0.394 e. The lowest BCUT2D eigenvalue weighted by Crippen LogP contribution is -2.15. The van der Waals surface area contributed by atoms with Crippen LogP contribution in [-0.4, -0.2) is 46.6 Å². The zero-order valence-electron chi connectivity index (χ0n) is 10.3. The van der Waals surface area contributed by atoms with Gasteiger partial charge in [0.25, 0.3) is 0 Å². The van der Waals surface area contributed by atoms with Gasteiger partial charge in [-0.25, -0.2) is 19.4 Å². The lowest BCUT2D eigenvalue weighted by molar-refractivity contribution is -0.251. The van der Waals surface area contributed by atoms with Gasteiger partial charge in [-0.1, -0.05) is 12.7 Å². The number of hydrogen-bond donors (Lipinski definition) is 3. The van der Waals surface area contributed by atoms with Crippen LogP contribution in [0.15, 0.2) is 24.3 Å². The highest BCUT2D eigenvalue weighted by molar-refractivity contribution is 5.88. The summed E-state index contributed by atoms with van der Waals surface area (Å²) in [6.07, 6.45) is 1.49. The van der Waals surface area contributed by atoms with Gasteiger partial charge in [0.2, 0.25) is 0 Å². The van der Waals surface area contributed by atoms with Crippen molar-refractivity contribution in [2.45, 2.75) is 20.0 Å². The van der Waals surface area contributed by atoms with Gasteiger partial charge in [0.15, 0.2) is 0 Å². The summed E-state index contributed by atoms with van der Waals surface area (Å²) in [5.41, 5.74) is 0.367. The van der Waals surface area contributed by atoms with Crippen LogP contribution in [0.25, 0.3) is 0 Å². The molecule has 0 saturated carbocycles. The maximum atomic E-state index is 10.8. The molecule has 0 aromatic rings. The van der Waals surface area contributed by atoms with Crippen molar-refractivity contribution in [1.29, 1.82) is 0 Å². The molecule has 0 amide bonds. The molecule has 0 heterocycles. The fraction of sp³-hybridized carbons (Fsp3) is 0.455. The molecule has 0 saturated heterocycles. The molecule has 0 aliphatic rings. The first-order valence-corrected chi connectivity index (χ1v) is 5.00. The van der Waals surface area contributed by atoms with Gasteiger partial charge in [0.1, 0.15) is 6.10 Å². The Balaban J connectivity index is 0. The van der Waals surface area contributed by atoms with Gasteiger partial charge in [-0.05, 0) is 13.8 Å². The van der Waals surface area contributed by atoms with E-state index in [1.165, 1.54) is 0 Å². The van der Waals surface area contributed by atoms with Crippen molar-refractivity contribution in [1.82, 2.24) is 0 Å². The molecule has 104 valence electrons. The molecular weight excluding hydrogens is 244 g/mol.